The molecule has 71 heavy (non-hydrogen) atoms. The number of hydrogen-bond acceptors (Lipinski definition) is 6. The first-order valence-corrected chi connectivity index (χ1v) is 29.7. The van der Waals surface area contributed by atoms with Gasteiger partial charge in [-0.25, -0.2) is 0 Å². The van der Waals surface area contributed by atoms with Crippen LogP contribution >= 0.6 is 0 Å². The smallest absolute Gasteiger partial charge is 0.306 e. The molecule has 1 atom stereocenters. The van der Waals surface area contributed by atoms with Crippen molar-refractivity contribution in [1.82, 2.24) is 0 Å². The van der Waals surface area contributed by atoms with Gasteiger partial charge in [-0.15, -0.1) is 0 Å². The molecule has 0 fully saturated rings. The average Bonchev–Trinajstić information content (AvgIpc) is 3.37. The molecule has 6 heteroatoms. The number of allylic oxidation sites excluding steroid dienone is 16. The molecule has 0 radical (unpaired) electrons. The minimum Gasteiger partial charge on any atom is -0.462 e. The zero-order valence-corrected chi connectivity index (χ0v) is 46.5. The quantitative estimate of drug-likeness (QED) is 0.0261. The first kappa shape index (κ1) is 67.3. The van der Waals surface area contributed by atoms with E-state index < -0.39 is 6.10 Å². The lowest BCUT2D eigenvalue weighted by molar-refractivity contribution is -0.166. The van der Waals surface area contributed by atoms with E-state index in [0.717, 1.165) is 89.9 Å². The summed E-state index contributed by atoms with van der Waals surface area (Å²) in [5.74, 6) is -0.983. The topological polar surface area (TPSA) is 78.9 Å². The van der Waals surface area contributed by atoms with Gasteiger partial charge in [-0.1, -0.05) is 272 Å². The van der Waals surface area contributed by atoms with Gasteiger partial charge in [0, 0.05) is 19.3 Å². The second-order valence-corrected chi connectivity index (χ2v) is 19.5. The highest BCUT2D eigenvalue weighted by Crippen LogP contribution is 2.16. The fourth-order valence-corrected chi connectivity index (χ4v) is 8.21. The van der Waals surface area contributed by atoms with Crippen LogP contribution in [-0.4, -0.2) is 37.2 Å². The van der Waals surface area contributed by atoms with E-state index in [-0.39, 0.29) is 37.5 Å². The molecule has 6 nitrogen and oxygen atoms in total. The highest BCUT2D eigenvalue weighted by molar-refractivity contribution is 5.71. The molecule has 0 saturated heterocycles. The molecule has 0 heterocycles. The summed E-state index contributed by atoms with van der Waals surface area (Å²) in [7, 11) is 0. The van der Waals surface area contributed by atoms with Crippen molar-refractivity contribution < 1.29 is 28.6 Å². The number of hydrogen-bond donors (Lipinski definition) is 0. The standard InChI is InChI=1S/C65H110O6/c1-4-7-10-13-16-19-21-23-24-25-26-27-28-29-30-31-32-33-34-35-36-37-38-39-40-42-43-46-49-52-55-58-64(67)70-61-62(60-69-63(66)57-54-51-48-45-18-15-12-9-6-3)71-65(68)59-56-53-50-47-44-41-22-20-17-14-11-8-5-2/h7-8,10-11,16-17,19-20,23-24,26-27,41,44,50,53,62H,4-6,9,12-15,18,21-22,25,28-40,42-43,45-49,51-52,54-61H2,1-3H3/b10-7-,11-8-,19-16-,20-17-,24-23-,27-26-,44-41-,53-50-. The molecule has 0 aliphatic rings. The lowest BCUT2D eigenvalue weighted by Gasteiger charge is -2.18. The Balaban J connectivity index is 4.11. The maximum Gasteiger partial charge on any atom is 0.306 e. The Morgan fingerprint density at radius 2 is 0.577 bits per heavy atom. The fourth-order valence-electron chi connectivity index (χ4n) is 8.21. The van der Waals surface area contributed by atoms with Crippen LogP contribution in [0, 0.1) is 0 Å². The van der Waals surface area contributed by atoms with Crippen molar-refractivity contribution >= 4 is 17.9 Å². The number of rotatable bonds is 53. The monoisotopic (exact) mass is 987 g/mol. The number of ether oxygens (including phenoxy) is 3. The summed E-state index contributed by atoms with van der Waals surface area (Å²) in [6.45, 7) is 6.34. The summed E-state index contributed by atoms with van der Waals surface area (Å²) in [6.07, 6.45) is 78.8. The van der Waals surface area contributed by atoms with Crippen LogP contribution in [0.15, 0.2) is 97.2 Å². The third kappa shape index (κ3) is 57.1. The third-order valence-electron chi connectivity index (χ3n) is 12.6. The van der Waals surface area contributed by atoms with Crippen LogP contribution in [0.25, 0.3) is 0 Å². The molecule has 0 N–H and O–H groups in total. The zero-order valence-electron chi connectivity index (χ0n) is 46.5. The second kappa shape index (κ2) is 58.9. The zero-order chi connectivity index (χ0) is 51.4. The van der Waals surface area contributed by atoms with E-state index in [9.17, 15) is 14.4 Å². The lowest BCUT2D eigenvalue weighted by atomic mass is 10.0. The Hall–Kier alpha value is -3.67. The lowest BCUT2D eigenvalue weighted by Crippen LogP contribution is -2.30. The molecule has 0 aliphatic carbocycles. The highest BCUT2D eigenvalue weighted by Gasteiger charge is 2.19. The van der Waals surface area contributed by atoms with Gasteiger partial charge in [0.15, 0.2) is 6.10 Å². The van der Waals surface area contributed by atoms with Crippen LogP contribution < -0.4 is 0 Å². The maximum absolute atomic E-state index is 12.8. The summed E-state index contributed by atoms with van der Waals surface area (Å²) in [4.78, 5) is 37.9. The van der Waals surface area contributed by atoms with Crippen molar-refractivity contribution in [3.05, 3.63) is 97.2 Å². The van der Waals surface area contributed by atoms with Gasteiger partial charge in [0.2, 0.25) is 0 Å². The predicted molar refractivity (Wildman–Crippen MR) is 307 cm³/mol. The Morgan fingerprint density at radius 1 is 0.296 bits per heavy atom. The van der Waals surface area contributed by atoms with Gasteiger partial charge in [-0.3, -0.25) is 14.4 Å². The van der Waals surface area contributed by atoms with Crippen molar-refractivity contribution in [3.8, 4) is 0 Å². The van der Waals surface area contributed by atoms with Crippen LogP contribution in [0.5, 0.6) is 0 Å². The molecule has 0 saturated carbocycles. The molecular weight excluding hydrogens is 877 g/mol. The Labute approximate surface area is 438 Å². The molecule has 0 bridgehead atoms. The van der Waals surface area contributed by atoms with Gasteiger partial charge in [-0.05, 0) is 83.5 Å². The SMILES string of the molecule is CC/C=C\C/C=C\C/C=C\C/C=C\CCCCCCCCCCCCCCCCCCCCC(=O)OCC(COC(=O)CCCCCCCCCCC)OC(=O)CC/C=C\C/C=C\C/C=C\C/C=C\CC. The molecule has 1 unspecified atom stereocenters. The van der Waals surface area contributed by atoms with Gasteiger partial charge in [0.1, 0.15) is 13.2 Å². The predicted octanol–water partition coefficient (Wildman–Crippen LogP) is 20.1. The van der Waals surface area contributed by atoms with Crippen LogP contribution in [0.3, 0.4) is 0 Å². The van der Waals surface area contributed by atoms with Crippen molar-refractivity contribution in [2.75, 3.05) is 13.2 Å². The summed E-state index contributed by atoms with van der Waals surface area (Å²) in [6, 6.07) is 0. The average molecular weight is 988 g/mol. The number of unbranched alkanes of at least 4 members (excludes halogenated alkanes) is 26. The summed E-state index contributed by atoms with van der Waals surface area (Å²) >= 11 is 0. The van der Waals surface area contributed by atoms with E-state index in [0.29, 0.717) is 19.3 Å². The molecular formula is C65H110O6. The summed E-state index contributed by atoms with van der Waals surface area (Å²) in [5, 5.41) is 0. The maximum atomic E-state index is 12.8. The number of carbonyl (C=O) groups is 3. The van der Waals surface area contributed by atoms with Gasteiger partial charge >= 0.3 is 17.9 Å². The van der Waals surface area contributed by atoms with Crippen LogP contribution in [0.2, 0.25) is 0 Å². The molecule has 406 valence electrons. The van der Waals surface area contributed by atoms with E-state index in [2.05, 4.69) is 106 Å². The van der Waals surface area contributed by atoms with Crippen molar-refractivity contribution in [1.29, 1.82) is 0 Å². The number of esters is 3. The molecule has 0 amide bonds. The van der Waals surface area contributed by atoms with Gasteiger partial charge in [0.25, 0.3) is 0 Å². The molecule has 0 aromatic carbocycles. The van der Waals surface area contributed by atoms with Gasteiger partial charge in [0.05, 0.1) is 0 Å². The van der Waals surface area contributed by atoms with Crippen molar-refractivity contribution in [2.45, 2.75) is 284 Å². The van der Waals surface area contributed by atoms with E-state index in [4.69, 9.17) is 14.2 Å². The minimum absolute atomic E-state index is 0.103. The highest BCUT2D eigenvalue weighted by atomic mass is 16.6. The first-order chi connectivity index (χ1) is 35.0. The summed E-state index contributed by atoms with van der Waals surface area (Å²) < 4.78 is 16.7. The second-order valence-electron chi connectivity index (χ2n) is 19.5. The fraction of sp³-hybridized carbons (Fsp3) is 0.708. The molecule has 0 aromatic heterocycles. The van der Waals surface area contributed by atoms with Crippen molar-refractivity contribution in [2.24, 2.45) is 0 Å². The Bertz CT molecular complexity index is 1410. The molecule has 0 aromatic rings. The van der Waals surface area contributed by atoms with E-state index >= 15 is 0 Å². The largest absolute Gasteiger partial charge is 0.462 e. The summed E-state index contributed by atoms with van der Waals surface area (Å²) in [5.41, 5.74) is 0. The Morgan fingerprint density at radius 3 is 0.915 bits per heavy atom. The molecule has 0 rings (SSSR count). The van der Waals surface area contributed by atoms with E-state index in [1.807, 2.05) is 12.2 Å². The third-order valence-corrected chi connectivity index (χ3v) is 12.6. The van der Waals surface area contributed by atoms with E-state index in [1.54, 1.807) is 0 Å². The van der Waals surface area contributed by atoms with Gasteiger partial charge in [-0.2, -0.15) is 0 Å². The van der Waals surface area contributed by atoms with Crippen LogP contribution in [-0.2, 0) is 28.6 Å². The van der Waals surface area contributed by atoms with Crippen molar-refractivity contribution in [3.63, 3.8) is 0 Å². The number of carbonyl (C=O) groups excluding carboxylic acids is 3. The van der Waals surface area contributed by atoms with Gasteiger partial charge < -0.3 is 14.2 Å². The van der Waals surface area contributed by atoms with Crippen LogP contribution in [0.4, 0.5) is 0 Å². The normalized spacial score (nSPS) is 12.8. The van der Waals surface area contributed by atoms with Crippen LogP contribution in [0.1, 0.15) is 278 Å². The Kier molecular flexibility index (Phi) is 55.9. The minimum atomic E-state index is -0.811. The first-order valence-electron chi connectivity index (χ1n) is 29.7. The molecule has 0 spiro atoms. The van der Waals surface area contributed by atoms with E-state index in [1.165, 1.54) is 141 Å². The molecule has 0 aliphatic heterocycles.